The van der Waals surface area contributed by atoms with Crippen molar-refractivity contribution in [1.82, 2.24) is 4.90 Å². The van der Waals surface area contributed by atoms with Crippen molar-refractivity contribution in [2.45, 2.75) is 6.42 Å². The highest BCUT2D eigenvalue weighted by Crippen LogP contribution is 2.43. The van der Waals surface area contributed by atoms with Gasteiger partial charge in [0.25, 0.3) is 11.8 Å². The molecule has 2 heterocycles. The molecule has 0 bridgehead atoms. The number of carbonyl (C=O) groups is 3. The third-order valence-electron chi connectivity index (χ3n) is 3.67. The van der Waals surface area contributed by atoms with E-state index in [0.29, 0.717) is 11.1 Å². The minimum Gasteiger partial charge on any atom is -0.550 e. The Kier molecular flexibility index (Phi) is 3.95. The Hall–Kier alpha value is -2.19. The number of para-hydroxylation sites is 1. The molecule has 0 radical (unpaired) electrons. The van der Waals surface area contributed by atoms with Crippen molar-refractivity contribution < 1.29 is 19.5 Å². The van der Waals surface area contributed by atoms with E-state index < -0.39 is 11.9 Å². The van der Waals surface area contributed by atoms with Crippen molar-refractivity contribution in [3.8, 4) is 0 Å². The summed E-state index contributed by atoms with van der Waals surface area (Å²) in [5, 5.41) is 10.6. The lowest BCUT2D eigenvalue weighted by Crippen LogP contribution is -2.34. The number of thiocarbonyl (C=S) groups is 1. The number of carbonyl (C=O) groups excluding carboxylic acids is 3. The molecule has 0 aliphatic carbocycles. The molecule has 2 aliphatic rings. The first-order valence-corrected chi connectivity index (χ1v) is 7.99. The Morgan fingerprint density at radius 2 is 1.96 bits per heavy atom. The lowest BCUT2D eigenvalue weighted by molar-refractivity contribution is -0.305. The van der Waals surface area contributed by atoms with Gasteiger partial charge in [-0.3, -0.25) is 14.5 Å². The van der Waals surface area contributed by atoms with E-state index in [0.717, 1.165) is 17.4 Å². The molecule has 0 atom stereocenters. The van der Waals surface area contributed by atoms with Crippen LogP contribution in [0, 0.1) is 0 Å². The minimum absolute atomic E-state index is 0.0601. The summed E-state index contributed by atoms with van der Waals surface area (Å²) in [6, 6.07) is 7.19. The summed E-state index contributed by atoms with van der Waals surface area (Å²) in [5.74, 6) is -1.96. The van der Waals surface area contributed by atoms with E-state index >= 15 is 0 Å². The van der Waals surface area contributed by atoms with Crippen molar-refractivity contribution in [1.29, 1.82) is 0 Å². The molecule has 1 aromatic carbocycles. The van der Waals surface area contributed by atoms with Gasteiger partial charge < -0.3 is 14.8 Å². The van der Waals surface area contributed by atoms with Crippen molar-refractivity contribution in [3.05, 3.63) is 34.7 Å². The third kappa shape index (κ3) is 2.53. The maximum absolute atomic E-state index is 12.6. The molecule has 1 aromatic rings. The Labute approximate surface area is 141 Å². The number of carboxylic acid groups (broad SMARTS) is 1. The molecule has 0 saturated carbocycles. The van der Waals surface area contributed by atoms with Crippen LogP contribution in [0.2, 0.25) is 0 Å². The maximum atomic E-state index is 12.6. The number of nitrogens with zero attached hydrogens (tertiary/aromatic N) is 2. The number of fused-ring (bicyclic) bond motifs is 1. The van der Waals surface area contributed by atoms with E-state index in [-0.39, 0.29) is 28.1 Å². The first-order chi connectivity index (χ1) is 10.9. The average Bonchev–Trinajstić information content (AvgIpc) is 2.93. The highest BCUT2D eigenvalue weighted by molar-refractivity contribution is 8.26. The summed E-state index contributed by atoms with van der Waals surface area (Å²) in [7, 11) is 1.64. The average molecular weight is 347 g/mol. The number of aliphatic carboxylic acids is 1. The monoisotopic (exact) mass is 347 g/mol. The highest BCUT2D eigenvalue weighted by atomic mass is 32.2. The largest absolute Gasteiger partial charge is 0.550 e. The number of carboxylic acids is 1. The Morgan fingerprint density at radius 1 is 1.26 bits per heavy atom. The number of thioether (sulfide) groups is 1. The molecule has 3 rings (SSSR count). The Bertz CT molecular complexity index is 787. The van der Waals surface area contributed by atoms with Gasteiger partial charge in [-0.1, -0.05) is 42.2 Å². The maximum Gasteiger partial charge on any atom is 0.267 e. The standard InChI is InChI=1S/C15H12N2O4S2/c1-16-9-5-3-2-4-8(9)11(13(16)20)12-14(21)17(15(22)23-12)7-6-10(18)19/h2-5H,6-7H2,1H3,(H,18,19)/p-1/b12-11-. The second-order valence-electron chi connectivity index (χ2n) is 5.03. The predicted molar refractivity (Wildman–Crippen MR) is 88.3 cm³/mol. The SMILES string of the molecule is CN1C(=O)/C(=C2\SC(=S)N(CCC(=O)[O-])C2=O)c2ccccc21. The third-order valence-corrected chi connectivity index (χ3v) is 5.12. The zero-order valence-corrected chi connectivity index (χ0v) is 13.7. The number of likely N-dealkylation sites (N-methyl/N-ethyl adjacent to an activating group) is 1. The van der Waals surface area contributed by atoms with Gasteiger partial charge in [-0.25, -0.2) is 0 Å². The molecule has 0 spiro atoms. The van der Waals surface area contributed by atoms with Crippen LogP contribution in [-0.4, -0.2) is 40.6 Å². The normalized spacial score (nSPS) is 20.5. The molecule has 118 valence electrons. The lowest BCUT2D eigenvalue weighted by Gasteiger charge is -2.14. The fourth-order valence-corrected chi connectivity index (χ4v) is 3.91. The van der Waals surface area contributed by atoms with Gasteiger partial charge in [0.1, 0.15) is 4.32 Å². The molecule has 6 nitrogen and oxygen atoms in total. The molecule has 8 heteroatoms. The molecule has 1 saturated heterocycles. The number of hydrogen-bond acceptors (Lipinski definition) is 6. The Morgan fingerprint density at radius 3 is 2.65 bits per heavy atom. The fraction of sp³-hybridized carbons (Fsp3) is 0.200. The quantitative estimate of drug-likeness (QED) is 0.581. The van der Waals surface area contributed by atoms with Gasteiger partial charge in [-0.2, -0.15) is 0 Å². The van der Waals surface area contributed by atoms with Gasteiger partial charge in [0, 0.05) is 31.5 Å². The van der Waals surface area contributed by atoms with Crippen LogP contribution in [0.3, 0.4) is 0 Å². The number of amides is 2. The zero-order chi connectivity index (χ0) is 16.7. The van der Waals surface area contributed by atoms with Gasteiger partial charge in [-0.05, 0) is 6.07 Å². The summed E-state index contributed by atoms with van der Waals surface area (Å²) in [4.78, 5) is 38.6. The first kappa shape index (κ1) is 15.7. The topological polar surface area (TPSA) is 80.8 Å². The zero-order valence-electron chi connectivity index (χ0n) is 12.1. The van der Waals surface area contributed by atoms with Crippen LogP contribution < -0.4 is 10.0 Å². The molecular weight excluding hydrogens is 336 g/mol. The van der Waals surface area contributed by atoms with Crippen molar-refractivity contribution in [2.24, 2.45) is 0 Å². The molecule has 2 amide bonds. The smallest absolute Gasteiger partial charge is 0.267 e. The van der Waals surface area contributed by atoms with Gasteiger partial charge in [-0.15, -0.1) is 0 Å². The molecule has 0 unspecified atom stereocenters. The summed E-state index contributed by atoms with van der Waals surface area (Å²) < 4.78 is 0.249. The van der Waals surface area contributed by atoms with Crippen LogP contribution in [0.4, 0.5) is 5.69 Å². The van der Waals surface area contributed by atoms with Crippen LogP contribution in [0.5, 0.6) is 0 Å². The van der Waals surface area contributed by atoms with Gasteiger partial charge >= 0.3 is 0 Å². The van der Waals surface area contributed by atoms with Gasteiger partial charge in [0.2, 0.25) is 0 Å². The fourth-order valence-electron chi connectivity index (χ4n) is 2.53. The molecule has 23 heavy (non-hydrogen) atoms. The van der Waals surface area contributed by atoms with Gasteiger partial charge in [0.05, 0.1) is 16.2 Å². The summed E-state index contributed by atoms with van der Waals surface area (Å²) >= 11 is 6.17. The van der Waals surface area contributed by atoms with E-state index in [4.69, 9.17) is 12.2 Å². The first-order valence-electron chi connectivity index (χ1n) is 6.77. The highest BCUT2D eigenvalue weighted by Gasteiger charge is 2.40. The van der Waals surface area contributed by atoms with E-state index in [9.17, 15) is 19.5 Å². The number of anilines is 1. The van der Waals surface area contributed by atoms with Crippen LogP contribution in [0.15, 0.2) is 29.2 Å². The van der Waals surface area contributed by atoms with Crippen LogP contribution in [0.25, 0.3) is 5.57 Å². The Balaban J connectivity index is 2.03. The minimum atomic E-state index is -1.26. The van der Waals surface area contributed by atoms with Crippen molar-refractivity contribution in [2.75, 3.05) is 18.5 Å². The number of hydrogen-bond donors (Lipinski definition) is 0. The van der Waals surface area contributed by atoms with E-state index in [1.165, 1.54) is 9.80 Å². The van der Waals surface area contributed by atoms with Gasteiger partial charge in [0.15, 0.2) is 0 Å². The lowest BCUT2D eigenvalue weighted by atomic mass is 10.1. The van der Waals surface area contributed by atoms with Crippen molar-refractivity contribution in [3.63, 3.8) is 0 Å². The second-order valence-corrected chi connectivity index (χ2v) is 6.68. The molecular formula is C15H11N2O4S2-. The second kappa shape index (κ2) is 5.78. The van der Waals surface area contributed by atoms with E-state index in [2.05, 4.69) is 0 Å². The predicted octanol–water partition coefficient (Wildman–Crippen LogP) is 0.374. The summed E-state index contributed by atoms with van der Waals surface area (Å²) in [6.07, 6.45) is -0.306. The summed E-state index contributed by atoms with van der Waals surface area (Å²) in [5.41, 5.74) is 1.73. The number of benzene rings is 1. The van der Waals surface area contributed by atoms with Crippen LogP contribution >= 0.6 is 24.0 Å². The molecule has 1 fully saturated rings. The van der Waals surface area contributed by atoms with E-state index in [1.54, 1.807) is 25.2 Å². The molecule has 0 aromatic heterocycles. The van der Waals surface area contributed by atoms with E-state index in [1.807, 2.05) is 6.07 Å². The molecule has 2 aliphatic heterocycles. The summed E-state index contributed by atoms with van der Waals surface area (Å²) in [6.45, 7) is -0.0601. The molecule has 0 N–H and O–H groups in total. The number of rotatable bonds is 3. The van der Waals surface area contributed by atoms with Crippen molar-refractivity contribution >= 4 is 57.3 Å². The van der Waals surface area contributed by atoms with Crippen LogP contribution in [0.1, 0.15) is 12.0 Å². The van der Waals surface area contributed by atoms with Crippen LogP contribution in [-0.2, 0) is 14.4 Å².